The first kappa shape index (κ1) is 14.0. The fourth-order valence-corrected chi connectivity index (χ4v) is 2.36. The molecule has 0 radical (unpaired) electrons. The lowest BCUT2D eigenvalue weighted by Crippen LogP contribution is -2.02. The van der Waals surface area contributed by atoms with E-state index < -0.39 is 0 Å². The van der Waals surface area contributed by atoms with Crippen LogP contribution < -0.4 is 15.2 Å². The van der Waals surface area contributed by atoms with Crippen molar-refractivity contribution in [1.82, 2.24) is 0 Å². The van der Waals surface area contributed by atoms with Gasteiger partial charge < -0.3 is 15.2 Å². The Hall–Kier alpha value is -1.39. The summed E-state index contributed by atoms with van der Waals surface area (Å²) < 4.78 is 11.8. The molecule has 0 unspecified atom stereocenters. The Morgan fingerprint density at radius 2 is 1.95 bits per heavy atom. The van der Waals surface area contributed by atoms with Crippen LogP contribution in [0.5, 0.6) is 11.5 Å². The van der Waals surface area contributed by atoms with Crippen LogP contribution in [0.15, 0.2) is 40.9 Å². The average Bonchev–Trinajstić information content (AvgIpc) is 2.39. The van der Waals surface area contributed by atoms with Gasteiger partial charge in [0.15, 0.2) is 11.5 Å². The highest BCUT2D eigenvalue weighted by Crippen LogP contribution is 2.36. The summed E-state index contributed by atoms with van der Waals surface area (Å²) in [5.41, 5.74) is 7.26. The Kier molecular flexibility index (Phi) is 4.56. The molecule has 2 rings (SSSR count). The van der Waals surface area contributed by atoms with E-state index in [1.807, 2.05) is 18.2 Å². The fourth-order valence-electron chi connectivity index (χ4n) is 1.66. The Morgan fingerprint density at radius 1 is 1.21 bits per heavy atom. The van der Waals surface area contributed by atoms with Crippen molar-refractivity contribution in [2.45, 2.75) is 6.61 Å². The van der Waals surface area contributed by atoms with E-state index >= 15 is 0 Å². The van der Waals surface area contributed by atoms with Gasteiger partial charge in [-0.25, -0.2) is 0 Å². The smallest absolute Gasteiger partial charge is 0.175 e. The zero-order chi connectivity index (χ0) is 13.8. The summed E-state index contributed by atoms with van der Waals surface area (Å²) in [6.07, 6.45) is 0. The second-order valence-electron chi connectivity index (χ2n) is 3.87. The molecule has 0 saturated heterocycles. The molecule has 0 fully saturated rings. The van der Waals surface area contributed by atoms with Crippen molar-refractivity contribution in [2.24, 2.45) is 0 Å². The summed E-state index contributed by atoms with van der Waals surface area (Å²) in [6.45, 7) is 0.282. The summed E-state index contributed by atoms with van der Waals surface area (Å²) in [4.78, 5) is 0. The van der Waals surface area contributed by atoms with E-state index in [2.05, 4.69) is 15.9 Å². The lowest BCUT2D eigenvalue weighted by molar-refractivity contribution is 0.283. The van der Waals surface area contributed by atoms with Crippen LogP contribution in [-0.2, 0) is 6.61 Å². The highest BCUT2D eigenvalue weighted by atomic mass is 79.9. The van der Waals surface area contributed by atoms with Gasteiger partial charge in [0, 0.05) is 16.3 Å². The maximum atomic E-state index is 6.11. The average molecular weight is 343 g/mol. The quantitative estimate of drug-likeness (QED) is 0.844. The highest BCUT2D eigenvalue weighted by Gasteiger charge is 2.11. The van der Waals surface area contributed by atoms with Crippen LogP contribution in [0.1, 0.15) is 5.56 Å². The molecule has 2 aromatic carbocycles. The molecule has 3 nitrogen and oxygen atoms in total. The van der Waals surface area contributed by atoms with Crippen LogP contribution in [0.2, 0.25) is 5.02 Å². The van der Waals surface area contributed by atoms with Crippen molar-refractivity contribution >= 4 is 33.2 Å². The summed E-state index contributed by atoms with van der Waals surface area (Å²) >= 11 is 9.54. The van der Waals surface area contributed by atoms with Gasteiger partial charge in [-0.2, -0.15) is 0 Å². The van der Waals surface area contributed by atoms with E-state index in [1.54, 1.807) is 25.3 Å². The lowest BCUT2D eigenvalue weighted by Gasteiger charge is -2.14. The molecule has 100 valence electrons. The number of rotatable bonds is 4. The number of nitrogen functional groups attached to an aromatic ring is 1. The minimum Gasteiger partial charge on any atom is -0.493 e. The SMILES string of the molecule is COc1cccc(Br)c1OCc1c(N)cccc1Cl. The number of anilines is 1. The monoisotopic (exact) mass is 341 g/mol. The van der Waals surface area contributed by atoms with Gasteiger partial charge in [0.25, 0.3) is 0 Å². The standard InChI is InChI=1S/C14H13BrClNO2/c1-18-13-7-2-4-10(15)14(13)19-8-9-11(16)5-3-6-12(9)17/h2-7H,8,17H2,1H3. The number of hydrogen-bond donors (Lipinski definition) is 1. The maximum Gasteiger partial charge on any atom is 0.175 e. The maximum absolute atomic E-state index is 6.11. The summed E-state index contributed by atoms with van der Waals surface area (Å²) in [5.74, 6) is 1.28. The normalized spacial score (nSPS) is 10.3. The third-order valence-electron chi connectivity index (χ3n) is 2.67. The van der Waals surface area contributed by atoms with Crippen LogP contribution in [0.3, 0.4) is 0 Å². The van der Waals surface area contributed by atoms with Crippen LogP contribution in [0, 0.1) is 0 Å². The van der Waals surface area contributed by atoms with Gasteiger partial charge in [-0.05, 0) is 40.2 Å². The van der Waals surface area contributed by atoms with Gasteiger partial charge in [0.05, 0.1) is 11.6 Å². The zero-order valence-electron chi connectivity index (χ0n) is 10.3. The largest absolute Gasteiger partial charge is 0.493 e. The summed E-state index contributed by atoms with van der Waals surface area (Å²) in [7, 11) is 1.60. The van der Waals surface area contributed by atoms with Gasteiger partial charge >= 0.3 is 0 Å². The highest BCUT2D eigenvalue weighted by molar-refractivity contribution is 9.10. The molecule has 0 saturated carbocycles. The molecule has 0 amide bonds. The zero-order valence-corrected chi connectivity index (χ0v) is 12.7. The van der Waals surface area contributed by atoms with Crippen molar-refractivity contribution in [3.8, 4) is 11.5 Å². The molecule has 0 aliphatic rings. The molecular formula is C14H13BrClNO2. The molecule has 5 heteroatoms. The second kappa shape index (κ2) is 6.17. The molecule has 19 heavy (non-hydrogen) atoms. The molecule has 0 aliphatic carbocycles. The van der Waals surface area contributed by atoms with Gasteiger partial charge in [-0.3, -0.25) is 0 Å². The summed E-state index contributed by atoms with van der Waals surface area (Å²) in [6, 6.07) is 11.0. The van der Waals surface area contributed by atoms with E-state index in [-0.39, 0.29) is 6.61 Å². The Balaban J connectivity index is 2.24. The third kappa shape index (κ3) is 3.14. The number of methoxy groups -OCH3 is 1. The van der Waals surface area contributed by atoms with Gasteiger partial charge in [0.2, 0.25) is 0 Å². The number of hydrogen-bond acceptors (Lipinski definition) is 3. The number of ether oxygens (including phenoxy) is 2. The molecule has 0 aliphatic heterocycles. The van der Waals surface area contributed by atoms with Crippen LogP contribution >= 0.6 is 27.5 Å². The Morgan fingerprint density at radius 3 is 2.63 bits per heavy atom. The van der Waals surface area contributed by atoms with Crippen LogP contribution in [0.25, 0.3) is 0 Å². The fraction of sp³-hybridized carbons (Fsp3) is 0.143. The predicted octanol–water partition coefficient (Wildman–Crippen LogP) is 4.27. The van der Waals surface area contributed by atoms with Crippen molar-refractivity contribution in [3.63, 3.8) is 0 Å². The van der Waals surface area contributed by atoms with Gasteiger partial charge in [-0.1, -0.05) is 23.7 Å². The molecule has 0 heterocycles. The van der Waals surface area contributed by atoms with E-state index in [1.165, 1.54) is 0 Å². The predicted molar refractivity (Wildman–Crippen MR) is 80.9 cm³/mol. The molecule has 2 N–H and O–H groups in total. The van der Waals surface area contributed by atoms with E-state index in [9.17, 15) is 0 Å². The minimum atomic E-state index is 0.282. The van der Waals surface area contributed by atoms with Crippen molar-refractivity contribution < 1.29 is 9.47 Å². The lowest BCUT2D eigenvalue weighted by atomic mass is 10.2. The van der Waals surface area contributed by atoms with Crippen LogP contribution in [0.4, 0.5) is 5.69 Å². The van der Waals surface area contributed by atoms with E-state index in [0.717, 1.165) is 10.0 Å². The molecule has 2 aromatic rings. The molecule has 0 atom stereocenters. The van der Waals surface area contributed by atoms with Gasteiger partial charge in [-0.15, -0.1) is 0 Å². The van der Waals surface area contributed by atoms with Crippen molar-refractivity contribution in [2.75, 3.05) is 12.8 Å². The third-order valence-corrected chi connectivity index (χ3v) is 3.65. The Bertz CT molecular complexity index is 569. The number of halogens is 2. The van der Waals surface area contributed by atoms with Crippen LogP contribution in [-0.4, -0.2) is 7.11 Å². The molecule has 0 spiro atoms. The second-order valence-corrected chi connectivity index (χ2v) is 5.13. The Labute approximate surface area is 125 Å². The minimum absolute atomic E-state index is 0.282. The van der Waals surface area contributed by atoms with Gasteiger partial charge in [0.1, 0.15) is 6.61 Å². The first-order valence-corrected chi connectivity index (χ1v) is 6.78. The number of benzene rings is 2. The topological polar surface area (TPSA) is 44.5 Å². The number of nitrogens with two attached hydrogens (primary N) is 1. The molecular weight excluding hydrogens is 330 g/mol. The first-order chi connectivity index (χ1) is 9.13. The molecule has 0 bridgehead atoms. The van der Waals surface area contributed by atoms with Crippen molar-refractivity contribution in [1.29, 1.82) is 0 Å². The van der Waals surface area contributed by atoms with E-state index in [4.69, 9.17) is 26.8 Å². The number of para-hydroxylation sites is 1. The van der Waals surface area contributed by atoms with E-state index in [0.29, 0.717) is 22.2 Å². The van der Waals surface area contributed by atoms with Crippen molar-refractivity contribution in [3.05, 3.63) is 51.5 Å². The summed E-state index contributed by atoms with van der Waals surface area (Å²) in [5, 5.41) is 0.589. The first-order valence-electron chi connectivity index (χ1n) is 5.61. The molecule has 0 aromatic heterocycles.